The van der Waals surface area contributed by atoms with E-state index in [1.165, 1.54) is 10.7 Å². The molecule has 0 radical (unpaired) electrons. The lowest BCUT2D eigenvalue weighted by molar-refractivity contribution is 0.270. The largest absolute Gasteiger partial charge is 0.507 e. The Morgan fingerprint density at radius 1 is 1.33 bits per heavy atom. The van der Waals surface area contributed by atoms with Crippen LogP contribution in [0.4, 0.5) is 5.82 Å². The van der Waals surface area contributed by atoms with Gasteiger partial charge < -0.3 is 25.6 Å². The van der Waals surface area contributed by atoms with Crippen LogP contribution >= 0.6 is 0 Å². The van der Waals surface area contributed by atoms with E-state index in [2.05, 4.69) is 10.4 Å². The third kappa shape index (κ3) is 3.20. The van der Waals surface area contributed by atoms with E-state index in [9.17, 15) is 0 Å². The highest BCUT2D eigenvalue weighted by atomic mass is 16.4. The molecule has 0 fully saturated rings. The van der Waals surface area contributed by atoms with Crippen molar-refractivity contribution in [2.45, 2.75) is 6.54 Å². The third-order valence-electron chi connectivity index (χ3n) is 1.81. The molecule has 1 rings (SSSR count). The summed E-state index contributed by atoms with van der Waals surface area (Å²) in [6, 6.07) is 1.45. The fourth-order valence-electron chi connectivity index (χ4n) is 1.18. The molecule has 1 heterocycles. The summed E-state index contributed by atoms with van der Waals surface area (Å²) in [4.78, 5) is 0. The number of aromatic nitrogens is 2. The van der Waals surface area contributed by atoms with E-state index in [-0.39, 0.29) is 25.4 Å². The van der Waals surface area contributed by atoms with Gasteiger partial charge in [-0.3, -0.25) is 4.68 Å². The van der Waals surface area contributed by atoms with E-state index in [1.807, 2.05) is 0 Å². The summed E-state index contributed by atoms with van der Waals surface area (Å²) in [6.07, 6.45) is 0. The van der Waals surface area contributed by atoms with Gasteiger partial charge in [0.1, 0.15) is 5.82 Å². The van der Waals surface area contributed by atoms with Crippen LogP contribution in [0.5, 0.6) is 0 Å². The second-order valence-electron chi connectivity index (χ2n) is 2.93. The Balaban J connectivity index is 2.78. The topological polar surface area (TPSA) is 111 Å². The second kappa shape index (κ2) is 5.71. The van der Waals surface area contributed by atoms with Crippen LogP contribution in [0.2, 0.25) is 0 Å². The minimum atomic E-state index is -1.63. The van der Waals surface area contributed by atoms with Gasteiger partial charge in [-0.2, -0.15) is 5.10 Å². The van der Waals surface area contributed by atoms with Crippen molar-refractivity contribution in [3.63, 3.8) is 0 Å². The Bertz CT molecular complexity index is 304. The SMILES string of the molecule is OCCNc1cc(B(O)O)n(CCO)n1. The van der Waals surface area contributed by atoms with Crippen molar-refractivity contribution >= 4 is 18.5 Å². The smallest absolute Gasteiger partial charge is 0.422 e. The van der Waals surface area contributed by atoms with Gasteiger partial charge in [0.2, 0.25) is 0 Å². The second-order valence-corrected chi connectivity index (χ2v) is 2.93. The van der Waals surface area contributed by atoms with Crippen molar-refractivity contribution in [3.05, 3.63) is 6.07 Å². The number of aliphatic hydroxyl groups excluding tert-OH is 2. The van der Waals surface area contributed by atoms with E-state index >= 15 is 0 Å². The molecule has 0 aliphatic carbocycles. The minimum absolute atomic E-state index is 0.0378. The Morgan fingerprint density at radius 2 is 2.07 bits per heavy atom. The average molecular weight is 215 g/mol. The van der Waals surface area contributed by atoms with Crippen LogP contribution in [-0.4, -0.2) is 56.9 Å². The molecule has 0 saturated carbocycles. The summed E-state index contributed by atoms with van der Waals surface area (Å²) in [5.41, 5.74) is 0.199. The number of anilines is 1. The van der Waals surface area contributed by atoms with E-state index in [0.29, 0.717) is 12.4 Å². The summed E-state index contributed by atoms with van der Waals surface area (Å²) in [6.45, 7) is 0.343. The van der Waals surface area contributed by atoms with Crippen LogP contribution in [0.25, 0.3) is 0 Å². The lowest BCUT2D eigenvalue weighted by Crippen LogP contribution is -2.37. The first-order chi connectivity index (χ1) is 7.19. The van der Waals surface area contributed by atoms with Gasteiger partial charge in [-0.15, -0.1) is 0 Å². The van der Waals surface area contributed by atoms with Gasteiger partial charge in [0.15, 0.2) is 0 Å². The van der Waals surface area contributed by atoms with E-state index in [0.717, 1.165) is 0 Å². The molecular formula is C7H14BN3O4. The highest BCUT2D eigenvalue weighted by Crippen LogP contribution is 2.00. The fraction of sp³-hybridized carbons (Fsp3) is 0.571. The first-order valence-corrected chi connectivity index (χ1v) is 4.58. The van der Waals surface area contributed by atoms with E-state index in [4.69, 9.17) is 20.3 Å². The molecule has 0 amide bonds. The van der Waals surface area contributed by atoms with Crippen molar-refractivity contribution < 1.29 is 20.3 Å². The van der Waals surface area contributed by atoms with Crippen LogP contribution in [-0.2, 0) is 6.54 Å². The van der Waals surface area contributed by atoms with E-state index in [1.54, 1.807) is 0 Å². The lowest BCUT2D eigenvalue weighted by Gasteiger charge is -2.03. The molecule has 0 atom stereocenters. The normalized spacial score (nSPS) is 10.4. The summed E-state index contributed by atoms with van der Waals surface area (Å²) >= 11 is 0. The molecule has 0 aliphatic rings. The molecule has 0 unspecified atom stereocenters. The maximum absolute atomic E-state index is 9.01. The Labute approximate surface area is 87.1 Å². The first-order valence-electron chi connectivity index (χ1n) is 4.58. The zero-order valence-electron chi connectivity index (χ0n) is 8.17. The zero-order valence-corrected chi connectivity index (χ0v) is 8.17. The van der Waals surface area contributed by atoms with Crippen molar-refractivity contribution in [1.82, 2.24) is 9.78 Å². The van der Waals surface area contributed by atoms with Gasteiger partial charge in [0, 0.05) is 6.54 Å². The average Bonchev–Trinajstić information content (AvgIpc) is 2.59. The van der Waals surface area contributed by atoms with Crippen LogP contribution < -0.4 is 10.9 Å². The molecule has 0 aromatic carbocycles. The van der Waals surface area contributed by atoms with Crippen LogP contribution in [0.1, 0.15) is 0 Å². The maximum Gasteiger partial charge on any atom is 0.507 e. The number of hydrogen-bond donors (Lipinski definition) is 5. The lowest BCUT2D eigenvalue weighted by atomic mass is 9.86. The number of aliphatic hydroxyl groups is 2. The van der Waals surface area contributed by atoms with Gasteiger partial charge in [-0.05, 0) is 6.07 Å². The summed E-state index contributed by atoms with van der Waals surface area (Å²) in [5.74, 6) is 0.431. The minimum Gasteiger partial charge on any atom is -0.422 e. The Hall–Kier alpha value is -1.09. The molecule has 1 aromatic heterocycles. The number of rotatable bonds is 6. The monoisotopic (exact) mass is 215 g/mol. The van der Waals surface area contributed by atoms with Gasteiger partial charge in [-0.1, -0.05) is 0 Å². The molecule has 15 heavy (non-hydrogen) atoms. The van der Waals surface area contributed by atoms with Crippen LogP contribution in [0.15, 0.2) is 6.07 Å². The molecule has 0 saturated heterocycles. The molecule has 5 N–H and O–H groups in total. The predicted octanol–water partition coefficient (Wildman–Crippen LogP) is -3.04. The first kappa shape index (κ1) is 12.0. The summed E-state index contributed by atoms with van der Waals surface area (Å²) in [5, 5.41) is 42.1. The standard InChI is InChI=1S/C7H14BN3O4/c12-3-1-9-7-5-6(8(14)15)11(10-7)2-4-13/h5,12-15H,1-4H2,(H,9,10). The molecule has 0 bridgehead atoms. The van der Waals surface area contributed by atoms with Crippen molar-refractivity contribution in [3.8, 4) is 0 Å². The number of nitrogens with one attached hydrogen (secondary N) is 1. The Morgan fingerprint density at radius 3 is 2.60 bits per heavy atom. The molecule has 7 nitrogen and oxygen atoms in total. The molecular weight excluding hydrogens is 201 g/mol. The predicted molar refractivity (Wildman–Crippen MR) is 54.7 cm³/mol. The number of nitrogens with zero attached hydrogens (tertiary/aromatic N) is 2. The summed E-state index contributed by atoms with van der Waals surface area (Å²) in [7, 11) is -1.63. The third-order valence-corrected chi connectivity index (χ3v) is 1.81. The Kier molecular flexibility index (Phi) is 4.57. The highest BCUT2D eigenvalue weighted by Gasteiger charge is 2.18. The van der Waals surface area contributed by atoms with Crippen molar-refractivity contribution in [1.29, 1.82) is 0 Å². The molecule has 84 valence electrons. The maximum atomic E-state index is 9.01. The molecule has 1 aromatic rings. The van der Waals surface area contributed by atoms with Gasteiger partial charge >= 0.3 is 7.12 Å². The zero-order chi connectivity index (χ0) is 11.3. The highest BCUT2D eigenvalue weighted by molar-refractivity contribution is 6.57. The van der Waals surface area contributed by atoms with Crippen molar-refractivity contribution in [2.24, 2.45) is 0 Å². The molecule has 0 spiro atoms. The van der Waals surface area contributed by atoms with E-state index < -0.39 is 7.12 Å². The van der Waals surface area contributed by atoms with Crippen LogP contribution in [0, 0.1) is 0 Å². The molecule has 0 aliphatic heterocycles. The van der Waals surface area contributed by atoms with Gasteiger partial charge in [0.05, 0.1) is 25.4 Å². The van der Waals surface area contributed by atoms with Gasteiger partial charge in [-0.25, -0.2) is 0 Å². The quantitative estimate of drug-likeness (QED) is 0.322. The molecule has 8 heteroatoms. The van der Waals surface area contributed by atoms with Gasteiger partial charge in [0.25, 0.3) is 0 Å². The number of hydrogen-bond acceptors (Lipinski definition) is 6. The summed E-state index contributed by atoms with van der Waals surface area (Å²) < 4.78 is 1.30. The fourth-order valence-corrected chi connectivity index (χ4v) is 1.18. The van der Waals surface area contributed by atoms with Crippen LogP contribution in [0.3, 0.4) is 0 Å². The van der Waals surface area contributed by atoms with Crippen molar-refractivity contribution in [2.75, 3.05) is 25.1 Å².